The van der Waals surface area contributed by atoms with Crippen LogP contribution in [0.1, 0.15) is 27.9 Å². The minimum absolute atomic E-state index is 0.0736. The summed E-state index contributed by atoms with van der Waals surface area (Å²) >= 11 is 6.18. The Kier molecular flexibility index (Phi) is 5.24. The van der Waals surface area contributed by atoms with E-state index < -0.39 is 5.91 Å². The molecule has 4 rings (SSSR count). The molecule has 0 spiro atoms. The maximum absolute atomic E-state index is 13.5. The van der Waals surface area contributed by atoms with Crippen LogP contribution in [0, 0.1) is 5.82 Å². The molecule has 1 aromatic heterocycles. The second-order valence-electron chi connectivity index (χ2n) is 7.04. The molecule has 7 heteroatoms. The Labute approximate surface area is 167 Å². The van der Waals surface area contributed by atoms with Gasteiger partial charge in [-0.25, -0.2) is 4.39 Å². The predicted molar refractivity (Wildman–Crippen MR) is 108 cm³/mol. The van der Waals surface area contributed by atoms with E-state index in [2.05, 4.69) is 10.3 Å². The number of amides is 1. The Balaban J connectivity index is 1.36. The van der Waals surface area contributed by atoms with Gasteiger partial charge in [0.05, 0.1) is 5.02 Å². The van der Waals surface area contributed by atoms with Gasteiger partial charge in [0.1, 0.15) is 18.2 Å². The lowest BCUT2D eigenvalue weighted by Gasteiger charge is -2.28. The van der Waals surface area contributed by atoms with Crippen LogP contribution in [-0.2, 0) is 12.8 Å². The van der Waals surface area contributed by atoms with E-state index in [0.29, 0.717) is 29.4 Å². The molecule has 0 unspecified atom stereocenters. The van der Waals surface area contributed by atoms with Crippen molar-refractivity contribution in [2.24, 2.45) is 5.73 Å². The first-order valence-corrected chi connectivity index (χ1v) is 9.63. The average Bonchev–Trinajstić information content (AvgIpc) is 3.07. The summed E-state index contributed by atoms with van der Waals surface area (Å²) in [6, 6.07) is 8.13. The third-order valence-corrected chi connectivity index (χ3v) is 5.44. The van der Waals surface area contributed by atoms with Crippen LogP contribution in [-0.4, -0.2) is 30.1 Å². The van der Waals surface area contributed by atoms with Gasteiger partial charge in [0, 0.05) is 34.3 Å². The number of ether oxygens (including phenoxy) is 1. The van der Waals surface area contributed by atoms with Crippen LogP contribution in [0.5, 0.6) is 5.75 Å². The van der Waals surface area contributed by atoms with Crippen molar-refractivity contribution in [2.75, 3.05) is 13.2 Å². The van der Waals surface area contributed by atoms with Crippen molar-refractivity contribution in [3.05, 3.63) is 64.1 Å². The van der Waals surface area contributed by atoms with Crippen molar-refractivity contribution in [3.8, 4) is 5.75 Å². The summed E-state index contributed by atoms with van der Waals surface area (Å²) in [6.07, 6.45) is 4.29. The molecule has 5 nitrogen and oxygen atoms in total. The molecule has 1 atom stereocenters. The predicted octanol–water partition coefficient (Wildman–Crippen LogP) is 3.59. The summed E-state index contributed by atoms with van der Waals surface area (Å²) < 4.78 is 19.3. The number of nitrogens with one attached hydrogen (secondary N) is 2. The monoisotopic (exact) mass is 401 g/mol. The molecule has 28 heavy (non-hydrogen) atoms. The first-order chi connectivity index (χ1) is 13.5. The molecule has 0 radical (unpaired) electrons. The van der Waals surface area contributed by atoms with Gasteiger partial charge in [0.15, 0.2) is 0 Å². The lowest BCUT2D eigenvalue weighted by Crippen LogP contribution is -2.40. The van der Waals surface area contributed by atoms with Crippen molar-refractivity contribution in [2.45, 2.75) is 25.3 Å². The molecule has 146 valence electrons. The van der Waals surface area contributed by atoms with Crippen molar-refractivity contribution >= 4 is 28.4 Å². The first-order valence-electron chi connectivity index (χ1n) is 9.26. The standard InChI is InChI=1S/C21H21ClFN3O2/c22-18-5-4-15(21(24)27)17-9-14(11-28-20(17)18)25-7-1-2-12-10-26-19-6-3-13(23)8-16(12)19/h3-6,8,10,14,25-26H,1-2,7,9,11H2,(H2,24,27)/t14-/m0/s1. The number of rotatable bonds is 6. The normalized spacial score (nSPS) is 16.0. The number of aryl methyl sites for hydroxylation is 1. The van der Waals surface area contributed by atoms with Gasteiger partial charge in [-0.05, 0) is 61.7 Å². The van der Waals surface area contributed by atoms with Gasteiger partial charge in [-0.2, -0.15) is 0 Å². The van der Waals surface area contributed by atoms with E-state index in [4.69, 9.17) is 22.1 Å². The Bertz CT molecular complexity index is 1030. The number of nitrogens with two attached hydrogens (primary N) is 1. The number of primary amides is 1. The van der Waals surface area contributed by atoms with Crippen LogP contribution < -0.4 is 15.8 Å². The van der Waals surface area contributed by atoms with Crippen LogP contribution in [0.2, 0.25) is 5.02 Å². The highest BCUT2D eigenvalue weighted by Crippen LogP contribution is 2.35. The fraction of sp³-hybridized carbons (Fsp3) is 0.286. The van der Waals surface area contributed by atoms with E-state index >= 15 is 0 Å². The molecular formula is C21H21ClFN3O2. The zero-order valence-corrected chi connectivity index (χ0v) is 16.0. The molecule has 2 aromatic carbocycles. The number of hydrogen-bond acceptors (Lipinski definition) is 3. The fourth-order valence-corrected chi connectivity index (χ4v) is 3.98. The number of aromatic amines is 1. The molecule has 1 aliphatic rings. The van der Waals surface area contributed by atoms with E-state index in [9.17, 15) is 9.18 Å². The highest BCUT2D eigenvalue weighted by atomic mass is 35.5. The number of hydrogen-bond donors (Lipinski definition) is 3. The highest BCUT2D eigenvalue weighted by molar-refractivity contribution is 6.32. The Morgan fingerprint density at radius 1 is 1.36 bits per heavy atom. The SMILES string of the molecule is NC(=O)c1ccc(Cl)c2c1C[C@H](NCCCc1c[nH]c3ccc(F)cc13)CO2. The number of H-pyrrole nitrogens is 1. The quantitative estimate of drug-likeness (QED) is 0.552. The number of aromatic nitrogens is 1. The molecular weight excluding hydrogens is 381 g/mol. The van der Waals surface area contributed by atoms with Crippen LogP contribution >= 0.6 is 11.6 Å². The Morgan fingerprint density at radius 2 is 2.21 bits per heavy atom. The molecule has 0 fully saturated rings. The number of carbonyl (C=O) groups excluding carboxylic acids is 1. The van der Waals surface area contributed by atoms with Crippen molar-refractivity contribution in [3.63, 3.8) is 0 Å². The minimum atomic E-state index is -0.483. The van der Waals surface area contributed by atoms with E-state index in [0.717, 1.165) is 41.4 Å². The zero-order valence-electron chi connectivity index (χ0n) is 15.2. The molecule has 3 aromatic rings. The number of halogens is 2. The number of fused-ring (bicyclic) bond motifs is 2. The highest BCUT2D eigenvalue weighted by Gasteiger charge is 2.25. The smallest absolute Gasteiger partial charge is 0.249 e. The minimum Gasteiger partial charge on any atom is -0.490 e. The lowest BCUT2D eigenvalue weighted by molar-refractivity contribution is 0.0997. The first kappa shape index (κ1) is 18.8. The fourth-order valence-electron chi connectivity index (χ4n) is 3.75. The maximum atomic E-state index is 13.5. The summed E-state index contributed by atoms with van der Waals surface area (Å²) in [4.78, 5) is 14.9. The molecule has 0 saturated heterocycles. The summed E-state index contributed by atoms with van der Waals surface area (Å²) in [5.74, 6) is -0.158. The number of benzene rings is 2. The van der Waals surface area contributed by atoms with Crippen LogP contribution in [0.25, 0.3) is 10.9 Å². The molecule has 0 saturated carbocycles. The Hall–Kier alpha value is -2.57. The van der Waals surface area contributed by atoms with Gasteiger partial charge < -0.3 is 20.8 Å². The second-order valence-corrected chi connectivity index (χ2v) is 7.45. The molecule has 0 aliphatic carbocycles. The zero-order chi connectivity index (χ0) is 19.7. The summed E-state index contributed by atoms with van der Waals surface area (Å²) in [5, 5.41) is 4.88. The second kappa shape index (κ2) is 7.81. The van der Waals surface area contributed by atoms with Gasteiger partial charge in [-0.3, -0.25) is 4.79 Å². The molecule has 1 amide bonds. The van der Waals surface area contributed by atoms with E-state index in [-0.39, 0.29) is 11.9 Å². The lowest BCUT2D eigenvalue weighted by atomic mass is 9.96. The Morgan fingerprint density at radius 3 is 3.04 bits per heavy atom. The number of carbonyl (C=O) groups is 1. The van der Waals surface area contributed by atoms with Gasteiger partial charge in [0.25, 0.3) is 0 Å². The van der Waals surface area contributed by atoms with Crippen LogP contribution in [0.3, 0.4) is 0 Å². The summed E-state index contributed by atoms with van der Waals surface area (Å²) in [6.45, 7) is 1.26. The van der Waals surface area contributed by atoms with Gasteiger partial charge in [-0.15, -0.1) is 0 Å². The molecule has 1 aliphatic heterocycles. The third-order valence-electron chi connectivity index (χ3n) is 5.14. The van der Waals surface area contributed by atoms with E-state index in [1.165, 1.54) is 6.07 Å². The van der Waals surface area contributed by atoms with Crippen molar-refractivity contribution in [1.82, 2.24) is 10.3 Å². The van der Waals surface area contributed by atoms with Crippen LogP contribution in [0.15, 0.2) is 36.5 Å². The molecule has 0 bridgehead atoms. The summed E-state index contributed by atoms with van der Waals surface area (Å²) in [5.41, 5.74) is 8.73. The summed E-state index contributed by atoms with van der Waals surface area (Å²) in [7, 11) is 0. The maximum Gasteiger partial charge on any atom is 0.249 e. The van der Waals surface area contributed by atoms with Gasteiger partial charge >= 0.3 is 0 Å². The molecule has 2 heterocycles. The largest absolute Gasteiger partial charge is 0.490 e. The third kappa shape index (κ3) is 3.70. The topological polar surface area (TPSA) is 80.1 Å². The average molecular weight is 402 g/mol. The van der Waals surface area contributed by atoms with Gasteiger partial charge in [0.2, 0.25) is 5.91 Å². The van der Waals surface area contributed by atoms with Crippen molar-refractivity contribution < 1.29 is 13.9 Å². The molecule has 4 N–H and O–H groups in total. The van der Waals surface area contributed by atoms with E-state index in [1.54, 1.807) is 24.3 Å². The van der Waals surface area contributed by atoms with E-state index in [1.807, 2.05) is 6.20 Å². The van der Waals surface area contributed by atoms with Crippen molar-refractivity contribution in [1.29, 1.82) is 0 Å². The van der Waals surface area contributed by atoms with Crippen LogP contribution in [0.4, 0.5) is 4.39 Å². The van der Waals surface area contributed by atoms with Gasteiger partial charge in [-0.1, -0.05) is 11.6 Å².